The van der Waals surface area contributed by atoms with Gasteiger partial charge in [0, 0.05) is 24.8 Å². The summed E-state index contributed by atoms with van der Waals surface area (Å²) in [5, 5.41) is 0. The number of halogens is 1. The van der Waals surface area contributed by atoms with Crippen molar-refractivity contribution in [3.05, 3.63) is 24.0 Å². The molecule has 0 aliphatic carbocycles. The first-order chi connectivity index (χ1) is 7.99. The van der Waals surface area contributed by atoms with Crippen LogP contribution < -0.4 is 10.6 Å². The molecule has 2 unspecified atom stereocenters. The fourth-order valence-corrected chi connectivity index (χ4v) is 2.60. The molecule has 3 nitrogen and oxygen atoms in total. The molecule has 1 aromatic carbocycles. The third kappa shape index (κ3) is 2.36. The van der Waals surface area contributed by atoms with Crippen molar-refractivity contribution in [3.8, 4) is 0 Å². The molecule has 0 spiro atoms. The maximum absolute atomic E-state index is 13.8. The summed E-state index contributed by atoms with van der Waals surface area (Å²) in [6.07, 6.45) is 0. The van der Waals surface area contributed by atoms with Gasteiger partial charge in [-0.3, -0.25) is 0 Å². The van der Waals surface area contributed by atoms with Gasteiger partial charge in [-0.1, -0.05) is 6.92 Å². The Kier molecular flexibility index (Phi) is 3.24. The van der Waals surface area contributed by atoms with Crippen molar-refractivity contribution in [1.29, 1.82) is 0 Å². The van der Waals surface area contributed by atoms with Crippen LogP contribution in [0.3, 0.4) is 0 Å². The van der Waals surface area contributed by atoms with Crippen LogP contribution >= 0.6 is 0 Å². The van der Waals surface area contributed by atoms with E-state index in [2.05, 4.69) is 30.8 Å². The summed E-state index contributed by atoms with van der Waals surface area (Å²) in [6, 6.07) is 5.40. The minimum atomic E-state index is -0.225. The van der Waals surface area contributed by atoms with Crippen molar-refractivity contribution >= 4 is 11.4 Å². The number of anilines is 2. The molecule has 0 saturated carbocycles. The van der Waals surface area contributed by atoms with Gasteiger partial charge in [0.15, 0.2) is 0 Å². The lowest BCUT2D eigenvalue weighted by atomic mass is 10.1. The molecule has 1 aromatic rings. The highest BCUT2D eigenvalue weighted by atomic mass is 19.1. The van der Waals surface area contributed by atoms with Gasteiger partial charge in [-0.05, 0) is 38.2 Å². The van der Waals surface area contributed by atoms with Gasteiger partial charge in [-0.2, -0.15) is 0 Å². The Bertz CT molecular complexity index is 406. The Morgan fingerprint density at radius 3 is 2.59 bits per heavy atom. The number of benzene rings is 1. The standard InChI is InChI=1S/C13H20FN3/c1-9-7-17(8-13(9)16(2)3)12-5-4-10(15)6-11(12)14/h4-6,9,13H,7-8,15H2,1-3H3. The lowest BCUT2D eigenvalue weighted by Crippen LogP contribution is -2.34. The van der Waals surface area contributed by atoms with Gasteiger partial charge in [-0.15, -0.1) is 0 Å². The predicted molar refractivity (Wildman–Crippen MR) is 69.7 cm³/mol. The van der Waals surface area contributed by atoms with Crippen LogP contribution in [-0.4, -0.2) is 38.1 Å². The monoisotopic (exact) mass is 237 g/mol. The molecule has 94 valence electrons. The topological polar surface area (TPSA) is 32.5 Å². The fraction of sp³-hybridized carbons (Fsp3) is 0.538. The average Bonchev–Trinajstić information content (AvgIpc) is 2.60. The minimum absolute atomic E-state index is 0.225. The molecule has 2 atom stereocenters. The van der Waals surface area contributed by atoms with Gasteiger partial charge >= 0.3 is 0 Å². The van der Waals surface area contributed by atoms with Crippen LogP contribution in [0.25, 0.3) is 0 Å². The van der Waals surface area contributed by atoms with Crippen molar-refractivity contribution in [1.82, 2.24) is 4.90 Å². The highest BCUT2D eigenvalue weighted by Gasteiger charge is 2.32. The molecule has 0 amide bonds. The average molecular weight is 237 g/mol. The summed E-state index contributed by atoms with van der Waals surface area (Å²) in [7, 11) is 4.15. The molecule has 1 aliphatic heterocycles. The SMILES string of the molecule is CC1CN(c2ccc(N)cc2F)CC1N(C)C. The normalized spacial score (nSPS) is 24.6. The highest BCUT2D eigenvalue weighted by Crippen LogP contribution is 2.28. The number of likely N-dealkylation sites (N-methyl/N-ethyl adjacent to an activating group) is 1. The lowest BCUT2D eigenvalue weighted by molar-refractivity contribution is 0.266. The summed E-state index contributed by atoms with van der Waals surface area (Å²) in [4.78, 5) is 4.31. The molecule has 17 heavy (non-hydrogen) atoms. The van der Waals surface area contributed by atoms with E-state index in [1.165, 1.54) is 6.07 Å². The van der Waals surface area contributed by atoms with Crippen LogP contribution in [0.2, 0.25) is 0 Å². The molecule has 2 rings (SSSR count). The van der Waals surface area contributed by atoms with Gasteiger partial charge in [0.25, 0.3) is 0 Å². The van der Waals surface area contributed by atoms with Crippen molar-refractivity contribution < 1.29 is 4.39 Å². The Hall–Kier alpha value is -1.29. The Morgan fingerprint density at radius 2 is 2.06 bits per heavy atom. The Balaban J connectivity index is 2.19. The quantitative estimate of drug-likeness (QED) is 0.796. The van der Waals surface area contributed by atoms with Gasteiger partial charge in [0.2, 0.25) is 0 Å². The zero-order valence-corrected chi connectivity index (χ0v) is 10.7. The van der Waals surface area contributed by atoms with E-state index in [-0.39, 0.29) is 5.82 Å². The van der Waals surface area contributed by atoms with E-state index < -0.39 is 0 Å². The van der Waals surface area contributed by atoms with Crippen molar-refractivity contribution in [2.45, 2.75) is 13.0 Å². The molecule has 4 heteroatoms. The molecule has 1 heterocycles. The van der Waals surface area contributed by atoms with Crippen LogP contribution in [0.1, 0.15) is 6.92 Å². The second-order valence-corrected chi connectivity index (χ2v) is 5.12. The minimum Gasteiger partial charge on any atom is -0.399 e. The molecule has 0 radical (unpaired) electrons. The van der Waals surface area contributed by atoms with Crippen molar-refractivity contribution in [3.63, 3.8) is 0 Å². The molecule has 1 saturated heterocycles. The molecule has 2 N–H and O–H groups in total. The zero-order valence-electron chi connectivity index (χ0n) is 10.7. The number of nitrogens with two attached hydrogens (primary N) is 1. The number of nitrogen functional groups attached to an aromatic ring is 1. The largest absolute Gasteiger partial charge is 0.399 e. The maximum atomic E-state index is 13.8. The fourth-order valence-electron chi connectivity index (χ4n) is 2.60. The predicted octanol–water partition coefficient (Wildman–Crippen LogP) is 1.79. The maximum Gasteiger partial charge on any atom is 0.148 e. The van der Waals surface area contributed by atoms with E-state index >= 15 is 0 Å². The van der Waals surface area contributed by atoms with E-state index in [0.29, 0.717) is 23.3 Å². The summed E-state index contributed by atoms with van der Waals surface area (Å²) >= 11 is 0. The first-order valence-corrected chi connectivity index (χ1v) is 5.95. The first-order valence-electron chi connectivity index (χ1n) is 5.95. The molecular formula is C13H20FN3. The van der Waals surface area contributed by atoms with E-state index in [9.17, 15) is 4.39 Å². The van der Waals surface area contributed by atoms with E-state index in [4.69, 9.17) is 5.73 Å². The van der Waals surface area contributed by atoms with E-state index in [1.54, 1.807) is 12.1 Å². The van der Waals surface area contributed by atoms with Crippen LogP contribution in [0.4, 0.5) is 15.8 Å². The van der Waals surface area contributed by atoms with E-state index in [0.717, 1.165) is 13.1 Å². The third-order valence-electron chi connectivity index (χ3n) is 3.55. The van der Waals surface area contributed by atoms with Gasteiger partial charge < -0.3 is 15.5 Å². The Labute approximate surface area is 102 Å². The highest BCUT2D eigenvalue weighted by molar-refractivity contribution is 5.55. The van der Waals surface area contributed by atoms with Crippen LogP contribution in [0.5, 0.6) is 0 Å². The second kappa shape index (κ2) is 4.53. The summed E-state index contributed by atoms with van der Waals surface area (Å²) in [5.41, 5.74) is 6.70. The first kappa shape index (κ1) is 12.2. The number of hydrogen-bond donors (Lipinski definition) is 1. The number of rotatable bonds is 2. The third-order valence-corrected chi connectivity index (χ3v) is 3.55. The number of hydrogen-bond acceptors (Lipinski definition) is 3. The lowest BCUT2D eigenvalue weighted by Gasteiger charge is -2.23. The summed E-state index contributed by atoms with van der Waals surface area (Å²) in [6.45, 7) is 3.97. The number of nitrogens with zero attached hydrogens (tertiary/aromatic N) is 2. The molecular weight excluding hydrogens is 217 g/mol. The molecule has 0 aromatic heterocycles. The van der Waals surface area contributed by atoms with Gasteiger partial charge in [0.05, 0.1) is 5.69 Å². The second-order valence-electron chi connectivity index (χ2n) is 5.12. The molecule has 0 bridgehead atoms. The van der Waals surface area contributed by atoms with Crippen molar-refractivity contribution in [2.75, 3.05) is 37.8 Å². The van der Waals surface area contributed by atoms with E-state index in [1.807, 2.05) is 0 Å². The summed E-state index contributed by atoms with van der Waals surface area (Å²) in [5.74, 6) is 0.318. The van der Waals surface area contributed by atoms with Gasteiger partial charge in [0.1, 0.15) is 5.82 Å². The van der Waals surface area contributed by atoms with Crippen LogP contribution in [-0.2, 0) is 0 Å². The summed E-state index contributed by atoms with van der Waals surface area (Å²) < 4.78 is 13.8. The Morgan fingerprint density at radius 1 is 1.35 bits per heavy atom. The zero-order chi connectivity index (χ0) is 12.6. The van der Waals surface area contributed by atoms with Crippen molar-refractivity contribution in [2.24, 2.45) is 5.92 Å². The molecule has 1 aliphatic rings. The van der Waals surface area contributed by atoms with Crippen LogP contribution in [0, 0.1) is 11.7 Å². The smallest absolute Gasteiger partial charge is 0.148 e. The van der Waals surface area contributed by atoms with Crippen LogP contribution in [0.15, 0.2) is 18.2 Å². The molecule has 1 fully saturated rings. The van der Waals surface area contributed by atoms with Gasteiger partial charge in [-0.25, -0.2) is 4.39 Å².